The molecule has 0 aliphatic heterocycles. The van der Waals surface area contributed by atoms with Gasteiger partial charge in [0.2, 0.25) is 5.91 Å². The Bertz CT molecular complexity index is 985. The molecule has 0 saturated heterocycles. The Labute approximate surface area is 195 Å². The number of thioether (sulfide) groups is 1. The molecule has 2 rings (SSSR count). The van der Waals surface area contributed by atoms with Crippen molar-refractivity contribution in [1.82, 2.24) is 5.32 Å². The van der Waals surface area contributed by atoms with Crippen LogP contribution in [0.15, 0.2) is 29.2 Å². The van der Waals surface area contributed by atoms with Gasteiger partial charge in [0.05, 0.1) is 19.3 Å². The standard InChI is InChI=1S/C22H26N2O6S2/c1-5-30-21(27)18-14(3)17(19(26)24-22(28)29-4)20(32-18)23-16(25)7-6-12-31-15-10-8-13(2)9-11-15/h8-11H,5-7,12H2,1-4H3,(H,23,25)(H,24,26,28). The highest BCUT2D eigenvalue weighted by molar-refractivity contribution is 7.99. The second-order valence-corrected chi connectivity index (χ2v) is 8.93. The Morgan fingerprint density at radius 1 is 1.09 bits per heavy atom. The van der Waals surface area contributed by atoms with Crippen molar-refractivity contribution in [1.29, 1.82) is 0 Å². The van der Waals surface area contributed by atoms with E-state index < -0.39 is 18.0 Å². The Kier molecular flexibility index (Phi) is 9.73. The molecule has 2 aromatic rings. The molecule has 32 heavy (non-hydrogen) atoms. The van der Waals surface area contributed by atoms with Crippen molar-refractivity contribution >= 4 is 52.0 Å². The molecular weight excluding hydrogens is 452 g/mol. The molecule has 2 N–H and O–H groups in total. The fraction of sp³-hybridized carbons (Fsp3) is 0.364. The third-order valence-corrected chi connectivity index (χ3v) is 6.61. The highest BCUT2D eigenvalue weighted by Gasteiger charge is 2.27. The van der Waals surface area contributed by atoms with Gasteiger partial charge in [0.1, 0.15) is 9.88 Å². The van der Waals surface area contributed by atoms with Crippen molar-refractivity contribution in [3.63, 3.8) is 0 Å². The summed E-state index contributed by atoms with van der Waals surface area (Å²) in [5.74, 6) is -0.911. The number of anilines is 1. The lowest BCUT2D eigenvalue weighted by molar-refractivity contribution is -0.116. The molecule has 1 heterocycles. The van der Waals surface area contributed by atoms with E-state index in [1.165, 1.54) is 5.56 Å². The number of nitrogens with one attached hydrogen (secondary N) is 2. The van der Waals surface area contributed by atoms with Crippen LogP contribution in [0.1, 0.15) is 50.9 Å². The van der Waals surface area contributed by atoms with Gasteiger partial charge in [0, 0.05) is 11.3 Å². The predicted molar refractivity (Wildman–Crippen MR) is 125 cm³/mol. The minimum Gasteiger partial charge on any atom is -0.462 e. The van der Waals surface area contributed by atoms with Gasteiger partial charge in [0.25, 0.3) is 5.91 Å². The number of amides is 3. The van der Waals surface area contributed by atoms with Crippen LogP contribution < -0.4 is 10.6 Å². The Morgan fingerprint density at radius 3 is 2.41 bits per heavy atom. The number of ether oxygens (including phenoxy) is 2. The first-order chi connectivity index (χ1) is 15.3. The van der Waals surface area contributed by atoms with E-state index in [9.17, 15) is 19.2 Å². The van der Waals surface area contributed by atoms with Crippen LogP contribution in [0.2, 0.25) is 0 Å². The molecule has 10 heteroatoms. The van der Waals surface area contributed by atoms with Crippen LogP contribution in [0.5, 0.6) is 0 Å². The van der Waals surface area contributed by atoms with E-state index in [-0.39, 0.29) is 34.4 Å². The number of benzene rings is 1. The largest absolute Gasteiger partial charge is 0.462 e. The maximum atomic E-state index is 12.6. The minimum atomic E-state index is -0.941. The molecule has 0 aliphatic rings. The van der Waals surface area contributed by atoms with Crippen molar-refractivity contribution in [2.75, 3.05) is 24.8 Å². The Balaban J connectivity index is 2.06. The monoisotopic (exact) mass is 478 g/mol. The number of hydrogen-bond donors (Lipinski definition) is 2. The topological polar surface area (TPSA) is 111 Å². The van der Waals surface area contributed by atoms with Crippen molar-refractivity contribution in [2.24, 2.45) is 0 Å². The molecule has 0 unspecified atom stereocenters. The number of rotatable bonds is 9. The number of alkyl carbamates (subject to hydrolysis) is 1. The summed E-state index contributed by atoms with van der Waals surface area (Å²) in [6.07, 6.45) is -0.0742. The smallest absolute Gasteiger partial charge is 0.413 e. The number of methoxy groups -OCH3 is 1. The lowest BCUT2D eigenvalue weighted by atomic mass is 10.1. The average molecular weight is 479 g/mol. The highest BCUT2D eigenvalue weighted by Crippen LogP contribution is 2.34. The molecule has 0 bridgehead atoms. The van der Waals surface area contributed by atoms with Crippen molar-refractivity contribution < 1.29 is 28.7 Å². The van der Waals surface area contributed by atoms with Crippen molar-refractivity contribution in [3.8, 4) is 0 Å². The predicted octanol–water partition coefficient (Wildman–Crippen LogP) is 4.55. The van der Waals surface area contributed by atoms with Gasteiger partial charge in [-0.1, -0.05) is 17.7 Å². The van der Waals surface area contributed by atoms with Gasteiger partial charge >= 0.3 is 12.1 Å². The lowest BCUT2D eigenvalue weighted by Gasteiger charge is -2.08. The number of carbonyl (C=O) groups excluding carboxylic acids is 4. The molecule has 0 radical (unpaired) electrons. The van der Waals surface area contributed by atoms with Crippen LogP contribution in [-0.4, -0.2) is 43.3 Å². The number of hydrogen-bond acceptors (Lipinski definition) is 8. The molecule has 0 atom stereocenters. The van der Waals surface area contributed by atoms with Crippen LogP contribution in [0.4, 0.5) is 9.80 Å². The summed E-state index contributed by atoms with van der Waals surface area (Å²) < 4.78 is 9.48. The minimum absolute atomic E-state index is 0.0332. The maximum Gasteiger partial charge on any atom is 0.413 e. The number of aryl methyl sites for hydroxylation is 1. The van der Waals surface area contributed by atoms with E-state index >= 15 is 0 Å². The summed E-state index contributed by atoms with van der Waals surface area (Å²) in [5, 5.41) is 4.94. The SMILES string of the molecule is CCOC(=O)c1sc(NC(=O)CCCSc2ccc(C)cc2)c(C(=O)NC(=O)OC)c1C. The van der Waals surface area contributed by atoms with E-state index in [0.717, 1.165) is 29.1 Å². The van der Waals surface area contributed by atoms with Gasteiger partial charge < -0.3 is 14.8 Å². The highest BCUT2D eigenvalue weighted by atomic mass is 32.2. The summed E-state index contributed by atoms with van der Waals surface area (Å²) in [4.78, 5) is 50.1. The number of esters is 1. The molecule has 172 valence electrons. The maximum absolute atomic E-state index is 12.6. The van der Waals surface area contributed by atoms with Crippen LogP contribution in [0.3, 0.4) is 0 Å². The van der Waals surface area contributed by atoms with E-state index in [1.807, 2.05) is 31.2 Å². The zero-order valence-corrected chi connectivity index (χ0v) is 20.0. The Hall–Kier alpha value is -2.85. The molecule has 0 spiro atoms. The van der Waals surface area contributed by atoms with Crippen LogP contribution in [-0.2, 0) is 14.3 Å². The van der Waals surface area contributed by atoms with Gasteiger partial charge in [-0.05, 0) is 50.6 Å². The van der Waals surface area contributed by atoms with Crippen LogP contribution in [0.25, 0.3) is 0 Å². The molecule has 0 fully saturated rings. The summed E-state index contributed by atoms with van der Waals surface area (Å²) in [5.41, 5.74) is 1.54. The third kappa shape index (κ3) is 7.10. The quantitative estimate of drug-likeness (QED) is 0.309. The number of thiophene rings is 1. The number of imide groups is 1. The first kappa shape index (κ1) is 25.4. The summed E-state index contributed by atoms with van der Waals surface area (Å²) in [6, 6.07) is 8.15. The van der Waals surface area contributed by atoms with Crippen molar-refractivity contribution in [3.05, 3.63) is 45.8 Å². The first-order valence-electron chi connectivity index (χ1n) is 9.95. The van der Waals surface area contributed by atoms with Gasteiger partial charge in [-0.15, -0.1) is 23.1 Å². The lowest BCUT2D eigenvalue weighted by Crippen LogP contribution is -2.31. The fourth-order valence-electron chi connectivity index (χ4n) is 2.72. The molecular formula is C22H26N2O6S2. The zero-order valence-electron chi connectivity index (χ0n) is 18.4. The van der Waals surface area contributed by atoms with E-state index in [4.69, 9.17) is 4.74 Å². The second kappa shape index (κ2) is 12.3. The van der Waals surface area contributed by atoms with Gasteiger partial charge in [0.15, 0.2) is 0 Å². The van der Waals surface area contributed by atoms with E-state index in [1.54, 1.807) is 25.6 Å². The normalized spacial score (nSPS) is 10.4. The van der Waals surface area contributed by atoms with Crippen molar-refractivity contribution in [2.45, 2.75) is 38.5 Å². The fourth-order valence-corrected chi connectivity index (χ4v) is 4.69. The second-order valence-electron chi connectivity index (χ2n) is 6.74. The molecule has 8 nitrogen and oxygen atoms in total. The first-order valence-corrected chi connectivity index (χ1v) is 11.8. The molecule has 3 amide bonds. The molecule has 1 aromatic heterocycles. The third-order valence-electron chi connectivity index (χ3n) is 4.33. The van der Waals surface area contributed by atoms with E-state index in [2.05, 4.69) is 15.4 Å². The molecule has 0 saturated carbocycles. The van der Waals surface area contributed by atoms with Crippen LogP contribution in [0, 0.1) is 13.8 Å². The molecule has 0 aliphatic carbocycles. The zero-order chi connectivity index (χ0) is 23.7. The van der Waals surface area contributed by atoms with Gasteiger partial charge in [-0.3, -0.25) is 14.9 Å². The average Bonchev–Trinajstić information content (AvgIpc) is 3.08. The van der Waals surface area contributed by atoms with Gasteiger partial charge in [-0.2, -0.15) is 0 Å². The summed E-state index contributed by atoms with van der Waals surface area (Å²) in [7, 11) is 1.13. The summed E-state index contributed by atoms with van der Waals surface area (Å²) >= 11 is 2.59. The summed E-state index contributed by atoms with van der Waals surface area (Å²) in [6.45, 7) is 5.42. The Morgan fingerprint density at radius 2 is 1.78 bits per heavy atom. The van der Waals surface area contributed by atoms with E-state index in [0.29, 0.717) is 12.0 Å². The molecule has 1 aromatic carbocycles. The number of carbonyl (C=O) groups is 4. The van der Waals surface area contributed by atoms with Gasteiger partial charge in [-0.25, -0.2) is 9.59 Å². The van der Waals surface area contributed by atoms with Crippen LogP contribution >= 0.6 is 23.1 Å².